The minimum absolute atomic E-state index is 0.183. The minimum atomic E-state index is -0.183. The third kappa shape index (κ3) is 4.95. The van der Waals surface area contributed by atoms with Gasteiger partial charge in [0.2, 0.25) is 0 Å². The zero-order chi connectivity index (χ0) is 14.4. The van der Waals surface area contributed by atoms with Crippen LogP contribution in [0.4, 0.5) is 4.39 Å². The van der Waals surface area contributed by atoms with Gasteiger partial charge >= 0.3 is 0 Å². The molecule has 0 aliphatic carbocycles. The predicted molar refractivity (Wildman–Crippen MR) is 82.7 cm³/mol. The maximum Gasteiger partial charge on any atom is 0.123 e. The van der Waals surface area contributed by atoms with E-state index >= 15 is 0 Å². The molecule has 3 heteroatoms. The lowest BCUT2D eigenvalue weighted by Gasteiger charge is -2.14. The van der Waals surface area contributed by atoms with Crippen LogP contribution in [0.5, 0.6) is 0 Å². The Labute approximate surface area is 124 Å². The number of rotatable bonds is 6. The van der Waals surface area contributed by atoms with E-state index < -0.39 is 0 Å². The lowest BCUT2D eigenvalue weighted by Crippen LogP contribution is -2.29. The monoisotopic (exact) mass is 291 g/mol. The largest absolute Gasteiger partial charge is 0.314 e. The second kappa shape index (κ2) is 7.41. The zero-order valence-electron chi connectivity index (χ0n) is 11.6. The van der Waals surface area contributed by atoms with E-state index in [0.29, 0.717) is 6.04 Å². The van der Waals surface area contributed by atoms with E-state index in [1.165, 1.54) is 17.7 Å². The first-order valence-corrected chi connectivity index (χ1v) is 7.23. The van der Waals surface area contributed by atoms with Crippen molar-refractivity contribution in [3.8, 4) is 0 Å². The first-order valence-electron chi connectivity index (χ1n) is 6.86. The van der Waals surface area contributed by atoms with Gasteiger partial charge in [-0.05, 0) is 61.7 Å². The normalized spacial score (nSPS) is 12.3. The third-order valence-corrected chi connectivity index (χ3v) is 3.53. The van der Waals surface area contributed by atoms with Gasteiger partial charge in [-0.15, -0.1) is 0 Å². The molecule has 0 aliphatic rings. The molecule has 0 spiro atoms. The van der Waals surface area contributed by atoms with Crippen LogP contribution in [0.15, 0.2) is 48.5 Å². The Bertz CT molecular complexity index is 522. The second-order valence-corrected chi connectivity index (χ2v) is 5.50. The molecule has 2 aromatic rings. The van der Waals surface area contributed by atoms with Crippen molar-refractivity contribution in [3.05, 3.63) is 70.5 Å². The first-order chi connectivity index (χ1) is 9.63. The van der Waals surface area contributed by atoms with E-state index in [9.17, 15) is 4.39 Å². The maximum atomic E-state index is 12.8. The van der Waals surface area contributed by atoms with Gasteiger partial charge in [-0.3, -0.25) is 0 Å². The highest BCUT2D eigenvalue weighted by Gasteiger charge is 2.03. The summed E-state index contributed by atoms with van der Waals surface area (Å²) in [6.07, 6.45) is 1.88. The molecular weight excluding hydrogens is 273 g/mol. The maximum absolute atomic E-state index is 12.8. The van der Waals surface area contributed by atoms with Gasteiger partial charge in [0.1, 0.15) is 5.82 Å². The molecule has 0 aliphatic heterocycles. The van der Waals surface area contributed by atoms with E-state index in [2.05, 4.69) is 24.4 Å². The highest BCUT2D eigenvalue weighted by molar-refractivity contribution is 6.30. The molecule has 2 aromatic carbocycles. The molecule has 0 saturated carbocycles. The summed E-state index contributed by atoms with van der Waals surface area (Å²) in [6.45, 7) is 3.06. The summed E-state index contributed by atoms with van der Waals surface area (Å²) >= 11 is 5.86. The fraction of sp³-hybridized carbons (Fsp3) is 0.294. The Balaban J connectivity index is 1.73. The summed E-state index contributed by atoms with van der Waals surface area (Å²) in [5.74, 6) is -0.183. The van der Waals surface area contributed by atoms with Crippen molar-refractivity contribution in [1.29, 1.82) is 0 Å². The fourth-order valence-corrected chi connectivity index (χ4v) is 2.29. The summed E-state index contributed by atoms with van der Waals surface area (Å²) in [5, 5.41) is 4.25. The molecule has 20 heavy (non-hydrogen) atoms. The van der Waals surface area contributed by atoms with Crippen molar-refractivity contribution in [2.45, 2.75) is 25.8 Å². The van der Waals surface area contributed by atoms with Crippen LogP contribution >= 0.6 is 11.6 Å². The molecule has 1 atom stereocenters. The summed E-state index contributed by atoms with van der Waals surface area (Å²) in [6, 6.07) is 15.0. The molecule has 0 saturated heterocycles. The zero-order valence-corrected chi connectivity index (χ0v) is 12.3. The Morgan fingerprint density at radius 1 is 1.00 bits per heavy atom. The van der Waals surface area contributed by atoms with Crippen LogP contribution in [0.2, 0.25) is 5.02 Å². The number of hydrogen-bond donors (Lipinski definition) is 1. The molecule has 0 fully saturated rings. The van der Waals surface area contributed by atoms with Crippen LogP contribution in [0.25, 0.3) is 0 Å². The van der Waals surface area contributed by atoms with Crippen LogP contribution in [0.1, 0.15) is 18.1 Å². The molecule has 0 radical (unpaired) electrons. The topological polar surface area (TPSA) is 12.0 Å². The SMILES string of the molecule is CC(Cc1ccc(F)cc1)NCCc1ccc(Cl)cc1. The number of halogens is 2. The van der Waals surface area contributed by atoms with Gasteiger partial charge in [0.25, 0.3) is 0 Å². The highest BCUT2D eigenvalue weighted by Crippen LogP contribution is 2.10. The highest BCUT2D eigenvalue weighted by atomic mass is 35.5. The summed E-state index contributed by atoms with van der Waals surface area (Å²) in [7, 11) is 0. The van der Waals surface area contributed by atoms with Gasteiger partial charge in [0.15, 0.2) is 0 Å². The number of benzene rings is 2. The van der Waals surface area contributed by atoms with Crippen LogP contribution in [-0.4, -0.2) is 12.6 Å². The quantitative estimate of drug-likeness (QED) is 0.839. The van der Waals surface area contributed by atoms with E-state index in [4.69, 9.17) is 11.6 Å². The van der Waals surface area contributed by atoms with Crippen molar-refractivity contribution in [3.63, 3.8) is 0 Å². The average molecular weight is 292 g/mol. The smallest absolute Gasteiger partial charge is 0.123 e. The second-order valence-electron chi connectivity index (χ2n) is 5.06. The van der Waals surface area contributed by atoms with E-state index in [0.717, 1.165) is 30.0 Å². The average Bonchev–Trinajstić information content (AvgIpc) is 2.44. The van der Waals surface area contributed by atoms with Gasteiger partial charge in [0, 0.05) is 11.1 Å². The van der Waals surface area contributed by atoms with Crippen molar-refractivity contribution >= 4 is 11.6 Å². The molecule has 1 nitrogen and oxygen atoms in total. The molecule has 0 bridgehead atoms. The molecule has 0 aromatic heterocycles. The number of nitrogens with one attached hydrogen (secondary N) is 1. The van der Waals surface area contributed by atoms with Gasteiger partial charge in [-0.2, -0.15) is 0 Å². The van der Waals surface area contributed by atoms with Crippen LogP contribution in [0.3, 0.4) is 0 Å². The molecular formula is C17H19ClFN. The number of hydrogen-bond acceptors (Lipinski definition) is 1. The predicted octanol–water partition coefficient (Wildman–Crippen LogP) is 4.24. The van der Waals surface area contributed by atoms with Crippen molar-refractivity contribution in [2.24, 2.45) is 0 Å². The molecule has 1 unspecified atom stereocenters. The van der Waals surface area contributed by atoms with Crippen molar-refractivity contribution in [2.75, 3.05) is 6.54 Å². The molecule has 0 amide bonds. The minimum Gasteiger partial charge on any atom is -0.314 e. The molecule has 106 valence electrons. The Morgan fingerprint density at radius 3 is 2.25 bits per heavy atom. The summed E-state index contributed by atoms with van der Waals surface area (Å²) in [4.78, 5) is 0. The standard InChI is InChI=1S/C17H19ClFN/c1-13(12-15-4-8-17(19)9-5-15)20-11-10-14-2-6-16(18)7-3-14/h2-9,13,20H,10-12H2,1H3. The Morgan fingerprint density at radius 2 is 1.60 bits per heavy atom. The summed E-state index contributed by atoms with van der Waals surface area (Å²) in [5.41, 5.74) is 2.42. The van der Waals surface area contributed by atoms with Gasteiger partial charge in [-0.25, -0.2) is 4.39 Å². The summed E-state index contributed by atoms with van der Waals surface area (Å²) < 4.78 is 12.8. The van der Waals surface area contributed by atoms with E-state index in [1.54, 1.807) is 0 Å². The Hall–Kier alpha value is -1.38. The van der Waals surface area contributed by atoms with Gasteiger partial charge in [-0.1, -0.05) is 35.9 Å². The fourth-order valence-electron chi connectivity index (χ4n) is 2.16. The lowest BCUT2D eigenvalue weighted by atomic mass is 10.1. The first kappa shape index (κ1) is 15.0. The van der Waals surface area contributed by atoms with Crippen molar-refractivity contribution in [1.82, 2.24) is 5.32 Å². The molecule has 0 heterocycles. The van der Waals surface area contributed by atoms with Gasteiger partial charge in [0.05, 0.1) is 0 Å². The van der Waals surface area contributed by atoms with Crippen molar-refractivity contribution < 1.29 is 4.39 Å². The van der Waals surface area contributed by atoms with Crippen LogP contribution in [0, 0.1) is 5.82 Å². The Kier molecular flexibility index (Phi) is 5.57. The molecule has 1 N–H and O–H groups in total. The van der Waals surface area contributed by atoms with Crippen LogP contribution in [-0.2, 0) is 12.8 Å². The van der Waals surface area contributed by atoms with E-state index in [1.807, 2.05) is 24.3 Å². The molecule has 2 rings (SSSR count). The lowest BCUT2D eigenvalue weighted by molar-refractivity contribution is 0.547. The third-order valence-electron chi connectivity index (χ3n) is 3.27. The van der Waals surface area contributed by atoms with Crippen LogP contribution < -0.4 is 5.32 Å². The van der Waals surface area contributed by atoms with Gasteiger partial charge < -0.3 is 5.32 Å². The van der Waals surface area contributed by atoms with E-state index in [-0.39, 0.29) is 5.82 Å².